The average Bonchev–Trinajstić information content (AvgIpc) is 4.02. The fourth-order valence-electron chi connectivity index (χ4n) is 12.7. The highest BCUT2D eigenvalue weighted by molar-refractivity contribution is 7.86. The fraction of sp³-hybridized carbons (Fsp3) is 0.592. The van der Waals surface area contributed by atoms with Crippen molar-refractivity contribution in [2.45, 2.75) is 268 Å². The normalized spacial score (nSPS) is 15.4. The van der Waals surface area contributed by atoms with E-state index in [1.807, 2.05) is 0 Å². The van der Waals surface area contributed by atoms with E-state index in [4.69, 9.17) is 0 Å². The highest BCUT2D eigenvalue weighted by Crippen LogP contribution is 2.50. The van der Waals surface area contributed by atoms with Crippen molar-refractivity contribution in [3.8, 4) is 22.3 Å². The van der Waals surface area contributed by atoms with Crippen LogP contribution in [0.1, 0.15) is 258 Å². The number of benzene rings is 4. The summed E-state index contributed by atoms with van der Waals surface area (Å²) in [4.78, 5) is 2.19. The Hall–Kier alpha value is -4.35. The maximum Gasteiger partial charge on any atom is 0.294 e. The lowest BCUT2D eigenvalue weighted by molar-refractivity contribution is -0.438. The number of fused-ring (bicyclic) bond motifs is 2. The van der Waals surface area contributed by atoms with Gasteiger partial charge < -0.3 is 9.45 Å². The number of anilines is 1. The summed E-state index contributed by atoms with van der Waals surface area (Å²) in [5, 5.41) is 0. The summed E-state index contributed by atoms with van der Waals surface area (Å²) >= 11 is 0. The van der Waals surface area contributed by atoms with Gasteiger partial charge in [-0.25, -0.2) is 8.42 Å². The van der Waals surface area contributed by atoms with Gasteiger partial charge in [-0.15, -0.1) is 0 Å². The van der Waals surface area contributed by atoms with Crippen LogP contribution in [0.5, 0.6) is 0 Å². The summed E-state index contributed by atoms with van der Waals surface area (Å²) in [6.45, 7) is 15.6. The summed E-state index contributed by atoms with van der Waals surface area (Å²) in [6.07, 6.45) is 49.3. The van der Waals surface area contributed by atoms with Gasteiger partial charge in [-0.2, -0.15) is 13.0 Å². The molecule has 2 aliphatic rings. The molecular weight excluding hydrogens is 1040 g/mol. The van der Waals surface area contributed by atoms with E-state index in [0.717, 1.165) is 48.2 Å². The minimum Gasteiger partial charge on any atom is -0.744 e. The Morgan fingerprint density at radius 2 is 0.852 bits per heavy atom. The molecule has 4 aromatic rings. The lowest BCUT2D eigenvalue weighted by atomic mass is 9.80. The van der Waals surface area contributed by atoms with Crippen LogP contribution in [0, 0.1) is 0 Å². The summed E-state index contributed by atoms with van der Waals surface area (Å²) < 4.78 is 71.5. The van der Waals surface area contributed by atoms with Gasteiger partial charge in [0, 0.05) is 47.5 Å². The molecule has 1 N–H and O–H groups in total. The molecule has 2 heterocycles. The molecule has 0 fully saturated rings. The molecule has 81 heavy (non-hydrogen) atoms. The lowest BCUT2D eigenvalue weighted by Crippen LogP contribution is -2.28. The number of hydrogen-bond donors (Lipinski definition) is 1. The largest absolute Gasteiger partial charge is 0.744 e. The third-order valence-corrected chi connectivity index (χ3v) is 19.4. The van der Waals surface area contributed by atoms with Crippen LogP contribution in [-0.4, -0.2) is 49.3 Å². The molecule has 0 aromatic heterocycles. The molecule has 0 unspecified atom stereocenters. The first-order valence-electron chi connectivity index (χ1n) is 32.2. The predicted molar refractivity (Wildman–Crippen MR) is 341 cm³/mol. The summed E-state index contributed by atoms with van der Waals surface area (Å²) in [5.41, 5.74) is 10.5. The highest BCUT2D eigenvalue weighted by Gasteiger charge is 2.45. The zero-order valence-electron chi connectivity index (χ0n) is 51.1. The standard InChI is InChI=1S/C71H104N2O6S2/c1-7-9-11-13-15-17-19-21-23-25-27-29-31-33-35-37-54-72-66-56-60(58-42-48-62(49-43-58)80(74,75)76)46-52-64(66)70(3,4)68(72)40-39-41-69-71(5,6)65-53-47-61(59-44-50-63(51-45-59)81(77,78)79)57-67(65)73(69)55-38-36-34-32-30-28-26-24-22-20-18-16-14-12-10-8-2/h39-53,56-57H,7-38,54-55H2,1-6H3,(H-,74,75,76,77,78,79). The maximum absolute atomic E-state index is 11.9. The minimum atomic E-state index is -4.55. The second kappa shape index (κ2) is 33.2. The zero-order valence-corrected chi connectivity index (χ0v) is 52.7. The van der Waals surface area contributed by atoms with Crippen LogP contribution in [0.25, 0.3) is 22.3 Å². The molecule has 8 nitrogen and oxygen atoms in total. The monoisotopic (exact) mass is 1140 g/mol. The first kappa shape index (κ1) is 65.8. The van der Waals surface area contributed by atoms with Crippen molar-refractivity contribution >= 4 is 37.3 Å². The summed E-state index contributed by atoms with van der Waals surface area (Å²) in [5.74, 6) is 0. The Morgan fingerprint density at radius 3 is 1.28 bits per heavy atom. The van der Waals surface area contributed by atoms with Gasteiger partial charge in [0.2, 0.25) is 5.69 Å². The van der Waals surface area contributed by atoms with E-state index in [1.165, 1.54) is 251 Å². The molecule has 446 valence electrons. The second-order valence-electron chi connectivity index (χ2n) is 24.9. The van der Waals surface area contributed by atoms with E-state index in [2.05, 4.69) is 106 Å². The van der Waals surface area contributed by atoms with Gasteiger partial charge in [-0.05, 0) is 90.9 Å². The van der Waals surface area contributed by atoms with Crippen molar-refractivity contribution in [1.82, 2.24) is 0 Å². The molecule has 0 amide bonds. The molecule has 0 saturated carbocycles. The van der Waals surface area contributed by atoms with Gasteiger partial charge >= 0.3 is 0 Å². The Balaban J connectivity index is 1.17. The molecule has 0 saturated heterocycles. The van der Waals surface area contributed by atoms with Crippen molar-refractivity contribution in [2.24, 2.45) is 0 Å². The van der Waals surface area contributed by atoms with E-state index in [1.54, 1.807) is 24.3 Å². The van der Waals surface area contributed by atoms with Gasteiger partial charge in [-0.1, -0.05) is 269 Å². The third kappa shape index (κ3) is 19.9. The van der Waals surface area contributed by atoms with E-state index >= 15 is 0 Å². The van der Waals surface area contributed by atoms with E-state index in [9.17, 15) is 25.9 Å². The molecule has 10 heteroatoms. The maximum atomic E-state index is 11.9. The lowest BCUT2D eigenvalue weighted by Gasteiger charge is -2.27. The van der Waals surface area contributed by atoms with Gasteiger partial charge in [-0.3, -0.25) is 4.55 Å². The van der Waals surface area contributed by atoms with Crippen LogP contribution in [0.3, 0.4) is 0 Å². The summed E-state index contributed by atoms with van der Waals surface area (Å²) in [7, 11) is -8.85. The van der Waals surface area contributed by atoms with Crippen molar-refractivity contribution in [1.29, 1.82) is 0 Å². The van der Waals surface area contributed by atoms with Crippen molar-refractivity contribution in [3.63, 3.8) is 0 Å². The fourth-order valence-corrected chi connectivity index (χ4v) is 13.7. The Bertz CT molecular complexity index is 2860. The van der Waals surface area contributed by atoms with Crippen LogP contribution in [-0.2, 0) is 31.1 Å². The van der Waals surface area contributed by atoms with Gasteiger partial charge in [0.25, 0.3) is 10.1 Å². The van der Waals surface area contributed by atoms with Gasteiger partial charge in [0.1, 0.15) is 16.7 Å². The Labute approximate surface area is 492 Å². The van der Waals surface area contributed by atoms with Crippen LogP contribution >= 0.6 is 0 Å². The molecule has 6 rings (SSSR count). The highest BCUT2D eigenvalue weighted by atomic mass is 32.2. The Morgan fingerprint density at radius 1 is 0.469 bits per heavy atom. The molecule has 0 spiro atoms. The summed E-state index contributed by atoms with van der Waals surface area (Å²) in [6, 6.07) is 26.0. The first-order chi connectivity index (χ1) is 39.0. The van der Waals surface area contributed by atoms with Crippen molar-refractivity contribution < 1.29 is 30.5 Å². The Kier molecular flexibility index (Phi) is 27.0. The van der Waals surface area contributed by atoms with E-state index < -0.39 is 20.2 Å². The number of nitrogens with zero attached hydrogens (tertiary/aromatic N) is 2. The predicted octanol–water partition coefficient (Wildman–Crippen LogP) is 20.3. The first-order valence-corrected chi connectivity index (χ1v) is 35.1. The minimum absolute atomic E-state index is 0.114. The molecule has 2 aliphatic heterocycles. The number of rotatable bonds is 40. The van der Waals surface area contributed by atoms with Crippen LogP contribution in [0.4, 0.5) is 11.4 Å². The van der Waals surface area contributed by atoms with E-state index in [-0.39, 0.29) is 20.6 Å². The van der Waals surface area contributed by atoms with Crippen LogP contribution < -0.4 is 4.90 Å². The third-order valence-electron chi connectivity index (χ3n) is 17.7. The van der Waals surface area contributed by atoms with Crippen molar-refractivity contribution in [3.05, 3.63) is 120 Å². The van der Waals surface area contributed by atoms with Gasteiger partial charge in [0.15, 0.2) is 5.71 Å². The number of allylic oxidation sites excluding steroid dienone is 4. The molecule has 4 aromatic carbocycles. The average molecular weight is 1150 g/mol. The SMILES string of the molecule is CCCCCCCCCCCCCCCCCCN1/C(=C\C=C\C2=[N+](CCCCCCCCCCCCCCCCCC)c3cc(-c4ccc(S(=O)(=O)[O-])cc4)ccc3C2(C)C)C(C)(C)c2ccc(-c3ccc(S(=O)(=O)O)cc3)cc21. The molecule has 0 radical (unpaired) electrons. The number of unbranched alkanes of at least 4 members (excludes halogenated alkanes) is 30. The topological polar surface area (TPSA) is 118 Å². The zero-order chi connectivity index (χ0) is 58.1. The quantitative estimate of drug-likeness (QED) is 0.0268. The molecule has 0 atom stereocenters. The van der Waals surface area contributed by atoms with Crippen molar-refractivity contribution in [2.75, 3.05) is 18.0 Å². The van der Waals surface area contributed by atoms with Crippen LogP contribution in [0.2, 0.25) is 0 Å². The smallest absolute Gasteiger partial charge is 0.294 e. The second-order valence-corrected chi connectivity index (χ2v) is 27.7. The van der Waals surface area contributed by atoms with E-state index in [0.29, 0.717) is 0 Å². The van der Waals surface area contributed by atoms with Gasteiger partial charge in [0.05, 0.1) is 15.2 Å². The molecule has 0 aliphatic carbocycles. The van der Waals surface area contributed by atoms with Crippen LogP contribution in [0.15, 0.2) is 119 Å². The number of hydrogen-bond acceptors (Lipinski definition) is 6. The molecule has 0 bridgehead atoms. The molecular formula is C71H104N2O6S2.